The van der Waals surface area contributed by atoms with Gasteiger partial charge in [-0.15, -0.1) is 0 Å². The number of nitrogens with zero attached hydrogens (tertiary/aromatic N) is 2. The molecule has 98 valence electrons. The average Bonchev–Trinajstić information content (AvgIpc) is 2.72. The van der Waals surface area contributed by atoms with Crippen LogP contribution in [-0.2, 0) is 11.3 Å². The highest BCUT2D eigenvalue weighted by Crippen LogP contribution is 2.08. The summed E-state index contributed by atoms with van der Waals surface area (Å²) in [5.74, 6) is -1.30. The van der Waals surface area contributed by atoms with E-state index in [0.29, 0.717) is 11.4 Å². The van der Waals surface area contributed by atoms with E-state index >= 15 is 0 Å². The number of nitrogens with one attached hydrogen (secondary N) is 1. The van der Waals surface area contributed by atoms with Crippen molar-refractivity contribution in [3.63, 3.8) is 0 Å². The second-order valence-corrected chi connectivity index (χ2v) is 4.02. The summed E-state index contributed by atoms with van der Waals surface area (Å²) in [4.78, 5) is 22.7. The van der Waals surface area contributed by atoms with Crippen molar-refractivity contribution in [3.05, 3.63) is 47.8 Å². The lowest BCUT2D eigenvalue weighted by Gasteiger charge is -2.06. The molecule has 2 N–H and O–H groups in total. The molecule has 19 heavy (non-hydrogen) atoms. The van der Waals surface area contributed by atoms with E-state index in [1.807, 2.05) is 18.2 Å². The SMILES string of the molecule is Cc1c(C(=O)O)cnn1CC(=O)Nc1ccccc1. The second-order valence-electron chi connectivity index (χ2n) is 4.02. The van der Waals surface area contributed by atoms with Crippen LogP contribution in [0.25, 0.3) is 0 Å². The molecule has 0 aliphatic carbocycles. The Bertz CT molecular complexity index is 605. The highest BCUT2D eigenvalue weighted by molar-refractivity contribution is 5.91. The van der Waals surface area contributed by atoms with Crippen molar-refractivity contribution in [3.8, 4) is 0 Å². The Morgan fingerprint density at radius 1 is 1.32 bits per heavy atom. The minimum atomic E-state index is -1.05. The van der Waals surface area contributed by atoms with E-state index < -0.39 is 5.97 Å². The number of hydrogen-bond acceptors (Lipinski definition) is 3. The maximum atomic E-state index is 11.8. The number of carboxylic acid groups (broad SMARTS) is 1. The van der Waals surface area contributed by atoms with Gasteiger partial charge in [-0.3, -0.25) is 9.48 Å². The lowest BCUT2D eigenvalue weighted by Crippen LogP contribution is -2.20. The molecule has 0 bridgehead atoms. The second kappa shape index (κ2) is 5.34. The summed E-state index contributed by atoms with van der Waals surface area (Å²) in [6.45, 7) is 1.60. The van der Waals surface area contributed by atoms with Gasteiger partial charge in [0.1, 0.15) is 12.1 Å². The van der Waals surface area contributed by atoms with Gasteiger partial charge in [0.15, 0.2) is 0 Å². The lowest BCUT2D eigenvalue weighted by molar-refractivity contribution is -0.116. The van der Waals surface area contributed by atoms with Crippen molar-refractivity contribution in [1.29, 1.82) is 0 Å². The molecule has 0 fully saturated rings. The highest BCUT2D eigenvalue weighted by Gasteiger charge is 2.14. The number of amides is 1. The number of aromatic carboxylic acids is 1. The Hall–Kier alpha value is -2.63. The van der Waals surface area contributed by atoms with Gasteiger partial charge in [0, 0.05) is 5.69 Å². The zero-order valence-corrected chi connectivity index (χ0v) is 10.3. The molecule has 0 unspecified atom stereocenters. The number of carbonyl (C=O) groups excluding carboxylic acids is 1. The molecule has 0 saturated carbocycles. The summed E-state index contributed by atoms with van der Waals surface area (Å²) in [5.41, 5.74) is 1.25. The first-order chi connectivity index (χ1) is 9.08. The molecule has 0 aliphatic rings. The number of carbonyl (C=O) groups is 2. The van der Waals surface area contributed by atoms with Gasteiger partial charge in [-0.1, -0.05) is 18.2 Å². The van der Waals surface area contributed by atoms with E-state index in [1.165, 1.54) is 10.9 Å². The number of para-hydroxylation sites is 1. The zero-order valence-electron chi connectivity index (χ0n) is 10.3. The Labute approximate surface area is 109 Å². The molecule has 0 aliphatic heterocycles. The van der Waals surface area contributed by atoms with E-state index in [4.69, 9.17) is 5.11 Å². The van der Waals surface area contributed by atoms with Crippen LogP contribution in [0.4, 0.5) is 5.69 Å². The Morgan fingerprint density at radius 2 is 2.00 bits per heavy atom. The first-order valence-corrected chi connectivity index (χ1v) is 5.68. The van der Waals surface area contributed by atoms with Gasteiger partial charge in [-0.05, 0) is 19.1 Å². The molecule has 1 aromatic heterocycles. The van der Waals surface area contributed by atoms with Crippen LogP contribution in [0.5, 0.6) is 0 Å². The predicted molar refractivity (Wildman–Crippen MR) is 69.0 cm³/mol. The smallest absolute Gasteiger partial charge is 0.339 e. The van der Waals surface area contributed by atoms with Crippen LogP contribution < -0.4 is 5.32 Å². The monoisotopic (exact) mass is 259 g/mol. The molecule has 1 amide bonds. The van der Waals surface area contributed by atoms with E-state index in [9.17, 15) is 9.59 Å². The number of carboxylic acids is 1. The van der Waals surface area contributed by atoms with E-state index in [1.54, 1.807) is 19.1 Å². The van der Waals surface area contributed by atoms with Gasteiger partial charge in [-0.25, -0.2) is 4.79 Å². The molecular weight excluding hydrogens is 246 g/mol. The van der Waals surface area contributed by atoms with Crippen molar-refractivity contribution in [2.75, 3.05) is 5.32 Å². The number of anilines is 1. The Kier molecular flexibility index (Phi) is 3.61. The van der Waals surface area contributed by atoms with Crippen LogP contribution in [0, 0.1) is 6.92 Å². The van der Waals surface area contributed by atoms with Crippen molar-refractivity contribution in [2.24, 2.45) is 0 Å². The fourth-order valence-electron chi connectivity index (χ4n) is 1.67. The summed E-state index contributed by atoms with van der Waals surface area (Å²) >= 11 is 0. The third kappa shape index (κ3) is 2.98. The van der Waals surface area contributed by atoms with E-state index in [2.05, 4.69) is 10.4 Å². The molecule has 1 aromatic carbocycles. The molecule has 6 nitrogen and oxygen atoms in total. The van der Waals surface area contributed by atoms with Crippen LogP contribution in [0.3, 0.4) is 0 Å². The van der Waals surface area contributed by atoms with Crippen LogP contribution in [-0.4, -0.2) is 26.8 Å². The molecule has 0 saturated heterocycles. The number of aromatic nitrogens is 2. The van der Waals surface area contributed by atoms with Crippen molar-refractivity contribution in [1.82, 2.24) is 9.78 Å². The van der Waals surface area contributed by atoms with Crippen molar-refractivity contribution >= 4 is 17.6 Å². The van der Waals surface area contributed by atoms with Crippen LogP contribution in [0.1, 0.15) is 16.1 Å². The van der Waals surface area contributed by atoms with Crippen molar-refractivity contribution < 1.29 is 14.7 Å². The third-order valence-corrected chi connectivity index (χ3v) is 2.68. The maximum Gasteiger partial charge on any atom is 0.339 e. The first kappa shape index (κ1) is 12.8. The average molecular weight is 259 g/mol. The van der Waals surface area contributed by atoms with Gasteiger partial charge in [-0.2, -0.15) is 5.10 Å². The number of hydrogen-bond donors (Lipinski definition) is 2. The van der Waals surface area contributed by atoms with Gasteiger partial charge in [0.05, 0.1) is 11.9 Å². The predicted octanol–water partition coefficient (Wildman–Crippen LogP) is 1.53. The summed E-state index contributed by atoms with van der Waals surface area (Å²) in [6, 6.07) is 9.04. The molecule has 2 aromatic rings. The third-order valence-electron chi connectivity index (χ3n) is 2.68. The van der Waals surface area contributed by atoms with Gasteiger partial charge in [0.2, 0.25) is 5.91 Å². The molecular formula is C13H13N3O3. The zero-order chi connectivity index (χ0) is 13.8. The van der Waals surface area contributed by atoms with E-state index in [0.717, 1.165) is 0 Å². The van der Waals surface area contributed by atoms with Gasteiger partial charge in [0.25, 0.3) is 0 Å². The van der Waals surface area contributed by atoms with Gasteiger partial charge < -0.3 is 10.4 Å². The fraction of sp³-hybridized carbons (Fsp3) is 0.154. The van der Waals surface area contributed by atoms with E-state index in [-0.39, 0.29) is 18.0 Å². The van der Waals surface area contributed by atoms with Crippen LogP contribution in [0.2, 0.25) is 0 Å². The largest absolute Gasteiger partial charge is 0.478 e. The molecule has 6 heteroatoms. The molecule has 2 rings (SSSR count). The lowest BCUT2D eigenvalue weighted by atomic mass is 10.3. The minimum absolute atomic E-state index is 0.0198. The maximum absolute atomic E-state index is 11.8. The first-order valence-electron chi connectivity index (χ1n) is 5.68. The van der Waals surface area contributed by atoms with Crippen molar-refractivity contribution in [2.45, 2.75) is 13.5 Å². The van der Waals surface area contributed by atoms with Crippen LogP contribution in [0.15, 0.2) is 36.5 Å². The number of rotatable bonds is 4. The standard InChI is InChI=1S/C13H13N3O3/c1-9-11(13(18)19)7-14-16(9)8-12(17)15-10-5-3-2-4-6-10/h2-7H,8H2,1H3,(H,15,17)(H,18,19). The number of benzene rings is 1. The fourth-order valence-corrected chi connectivity index (χ4v) is 1.67. The normalized spacial score (nSPS) is 10.2. The quantitative estimate of drug-likeness (QED) is 0.872. The highest BCUT2D eigenvalue weighted by atomic mass is 16.4. The Morgan fingerprint density at radius 3 is 2.58 bits per heavy atom. The molecule has 0 radical (unpaired) electrons. The van der Waals surface area contributed by atoms with Crippen LogP contribution >= 0.6 is 0 Å². The Balaban J connectivity index is 2.05. The van der Waals surface area contributed by atoms with Gasteiger partial charge >= 0.3 is 5.97 Å². The molecule has 0 atom stereocenters. The molecule has 1 heterocycles. The summed E-state index contributed by atoms with van der Waals surface area (Å²) in [6.07, 6.45) is 1.24. The summed E-state index contributed by atoms with van der Waals surface area (Å²) in [7, 11) is 0. The molecule has 0 spiro atoms. The minimum Gasteiger partial charge on any atom is -0.478 e. The summed E-state index contributed by atoms with van der Waals surface area (Å²) in [5, 5.41) is 15.5. The summed E-state index contributed by atoms with van der Waals surface area (Å²) < 4.78 is 1.36. The topological polar surface area (TPSA) is 84.2 Å².